The van der Waals surface area contributed by atoms with Crippen LogP contribution in [0.4, 0.5) is 0 Å². The molecule has 0 unspecified atom stereocenters. The molecule has 2 heterocycles. The van der Waals surface area contributed by atoms with Crippen LogP contribution in [0.15, 0.2) is 0 Å². The summed E-state index contributed by atoms with van der Waals surface area (Å²) in [6.07, 6.45) is -0.340. The predicted octanol–water partition coefficient (Wildman–Crippen LogP) is -0.350. The Hall–Kier alpha value is -0.650. The monoisotopic (exact) mass is 201 g/mol. The molecule has 2 aliphatic heterocycles. The minimum atomic E-state index is -0.292. The van der Waals surface area contributed by atoms with Crippen molar-refractivity contribution in [2.24, 2.45) is 0 Å². The summed E-state index contributed by atoms with van der Waals surface area (Å²) in [5.74, 6) is -0.0597. The van der Waals surface area contributed by atoms with Gasteiger partial charge in [-0.05, 0) is 6.92 Å². The van der Waals surface area contributed by atoms with Crippen molar-refractivity contribution in [2.75, 3.05) is 7.11 Å². The molecule has 1 N–H and O–H groups in total. The van der Waals surface area contributed by atoms with Gasteiger partial charge in [0.15, 0.2) is 6.29 Å². The van der Waals surface area contributed by atoms with Gasteiger partial charge in [0, 0.05) is 14.0 Å². The Balaban J connectivity index is 1.98. The molecule has 0 spiro atoms. The number of fused-ring (bicyclic) bond motifs is 1. The smallest absolute Gasteiger partial charge is 0.217 e. The summed E-state index contributed by atoms with van der Waals surface area (Å²) in [7, 11) is 1.59. The first-order chi connectivity index (χ1) is 6.63. The number of hydrogen-bond acceptors (Lipinski definition) is 4. The lowest BCUT2D eigenvalue weighted by Gasteiger charge is -2.30. The summed E-state index contributed by atoms with van der Waals surface area (Å²) >= 11 is 0. The van der Waals surface area contributed by atoms with E-state index in [1.54, 1.807) is 7.11 Å². The second-order valence-corrected chi connectivity index (χ2v) is 3.74. The number of ether oxygens (including phenoxy) is 3. The van der Waals surface area contributed by atoms with Crippen LogP contribution in [0, 0.1) is 0 Å². The van der Waals surface area contributed by atoms with E-state index in [4.69, 9.17) is 14.2 Å². The molecule has 5 heteroatoms. The summed E-state index contributed by atoms with van der Waals surface area (Å²) < 4.78 is 16.1. The van der Waals surface area contributed by atoms with E-state index in [-0.39, 0.29) is 36.6 Å². The van der Waals surface area contributed by atoms with Crippen molar-refractivity contribution in [1.82, 2.24) is 5.32 Å². The number of carbonyl (C=O) groups is 1. The van der Waals surface area contributed by atoms with Gasteiger partial charge in [-0.3, -0.25) is 4.79 Å². The van der Waals surface area contributed by atoms with Gasteiger partial charge in [-0.15, -0.1) is 0 Å². The largest absolute Gasteiger partial charge is 0.362 e. The van der Waals surface area contributed by atoms with Crippen LogP contribution in [0.5, 0.6) is 0 Å². The van der Waals surface area contributed by atoms with Crippen molar-refractivity contribution < 1.29 is 19.0 Å². The SMILES string of the molecule is CO[C@H]1O[C@H](C)[C@@H](NC(C)=O)[C@H]2O[C@@H]12. The number of rotatable bonds is 2. The van der Waals surface area contributed by atoms with E-state index in [1.807, 2.05) is 6.92 Å². The van der Waals surface area contributed by atoms with Gasteiger partial charge in [0.1, 0.15) is 12.2 Å². The minimum Gasteiger partial charge on any atom is -0.362 e. The van der Waals surface area contributed by atoms with Crippen LogP contribution in [0.3, 0.4) is 0 Å². The van der Waals surface area contributed by atoms with Crippen LogP contribution in [0.25, 0.3) is 0 Å². The van der Waals surface area contributed by atoms with E-state index >= 15 is 0 Å². The van der Waals surface area contributed by atoms with Crippen LogP contribution in [-0.2, 0) is 19.0 Å². The second-order valence-electron chi connectivity index (χ2n) is 3.74. The number of hydrogen-bond donors (Lipinski definition) is 1. The maximum Gasteiger partial charge on any atom is 0.217 e. The molecule has 0 aromatic rings. The molecule has 0 aliphatic carbocycles. The lowest BCUT2D eigenvalue weighted by atomic mass is 10.0. The number of epoxide rings is 1. The fraction of sp³-hybridized carbons (Fsp3) is 0.889. The van der Waals surface area contributed by atoms with E-state index < -0.39 is 0 Å². The fourth-order valence-electron chi connectivity index (χ4n) is 1.91. The van der Waals surface area contributed by atoms with Gasteiger partial charge < -0.3 is 19.5 Å². The summed E-state index contributed by atoms with van der Waals surface area (Å²) in [6.45, 7) is 3.40. The first kappa shape index (κ1) is 9.89. The molecule has 2 saturated heterocycles. The molecule has 0 saturated carbocycles. The zero-order valence-electron chi connectivity index (χ0n) is 8.52. The second kappa shape index (κ2) is 3.49. The Morgan fingerprint density at radius 3 is 2.64 bits per heavy atom. The fourth-order valence-corrected chi connectivity index (χ4v) is 1.91. The van der Waals surface area contributed by atoms with Crippen molar-refractivity contribution in [1.29, 1.82) is 0 Å². The van der Waals surface area contributed by atoms with Crippen LogP contribution in [0.2, 0.25) is 0 Å². The van der Waals surface area contributed by atoms with Gasteiger partial charge in [-0.1, -0.05) is 0 Å². The van der Waals surface area contributed by atoms with Crippen molar-refractivity contribution in [3.63, 3.8) is 0 Å². The normalized spacial score (nSPS) is 45.5. The highest BCUT2D eigenvalue weighted by Gasteiger charge is 2.57. The molecule has 5 nitrogen and oxygen atoms in total. The molecule has 0 aromatic heterocycles. The zero-order chi connectivity index (χ0) is 10.3. The summed E-state index contributed by atoms with van der Waals surface area (Å²) in [5.41, 5.74) is 0. The Labute approximate surface area is 82.7 Å². The molecule has 0 aromatic carbocycles. The third-order valence-corrected chi connectivity index (χ3v) is 2.64. The molecule has 80 valence electrons. The lowest BCUT2D eigenvalue weighted by Crippen LogP contribution is -2.52. The molecule has 1 amide bonds. The zero-order valence-corrected chi connectivity index (χ0v) is 8.52. The molecule has 2 fully saturated rings. The minimum absolute atomic E-state index is 0.0203. The highest BCUT2D eigenvalue weighted by atomic mass is 16.7. The van der Waals surface area contributed by atoms with Gasteiger partial charge in [0.2, 0.25) is 5.91 Å². The average Bonchev–Trinajstić information content (AvgIpc) is 2.88. The first-order valence-electron chi connectivity index (χ1n) is 4.74. The predicted molar refractivity (Wildman–Crippen MR) is 47.6 cm³/mol. The molecule has 0 radical (unpaired) electrons. The van der Waals surface area contributed by atoms with Crippen LogP contribution < -0.4 is 5.32 Å². The van der Waals surface area contributed by atoms with E-state index in [2.05, 4.69) is 5.32 Å². The molecular formula is C9H15NO4. The number of methoxy groups -OCH3 is 1. The van der Waals surface area contributed by atoms with Crippen molar-refractivity contribution in [3.05, 3.63) is 0 Å². The maximum atomic E-state index is 10.9. The van der Waals surface area contributed by atoms with Crippen LogP contribution in [0.1, 0.15) is 13.8 Å². The Bertz CT molecular complexity index is 243. The highest BCUT2D eigenvalue weighted by molar-refractivity contribution is 5.73. The highest BCUT2D eigenvalue weighted by Crippen LogP contribution is 2.37. The average molecular weight is 201 g/mol. The molecular weight excluding hydrogens is 186 g/mol. The summed E-state index contributed by atoms with van der Waals surface area (Å²) in [5, 5.41) is 2.82. The van der Waals surface area contributed by atoms with Gasteiger partial charge >= 0.3 is 0 Å². The topological polar surface area (TPSA) is 60.1 Å². The maximum absolute atomic E-state index is 10.9. The van der Waals surface area contributed by atoms with Gasteiger partial charge in [-0.2, -0.15) is 0 Å². The standard InChI is InChI=1S/C9H15NO4/c1-4-6(10-5(2)11)7-8(14-7)9(12-3)13-4/h4,6-9H,1-3H3,(H,10,11)/t4-,6-,7-,8-,9+/m1/s1. The van der Waals surface area contributed by atoms with E-state index in [0.29, 0.717) is 0 Å². The third kappa shape index (κ3) is 1.63. The van der Waals surface area contributed by atoms with E-state index in [0.717, 1.165) is 0 Å². The number of nitrogens with one attached hydrogen (secondary N) is 1. The van der Waals surface area contributed by atoms with E-state index in [9.17, 15) is 4.79 Å². The van der Waals surface area contributed by atoms with Gasteiger partial charge in [0.25, 0.3) is 0 Å². The van der Waals surface area contributed by atoms with Gasteiger partial charge in [0.05, 0.1) is 12.1 Å². The quantitative estimate of drug-likeness (QED) is 0.620. The Kier molecular flexibility index (Phi) is 2.47. The number of amides is 1. The molecule has 2 aliphatic rings. The lowest BCUT2D eigenvalue weighted by molar-refractivity contribution is -0.176. The number of carbonyl (C=O) groups excluding carboxylic acids is 1. The van der Waals surface area contributed by atoms with Crippen molar-refractivity contribution in [2.45, 2.75) is 44.5 Å². The molecule has 2 rings (SSSR count). The van der Waals surface area contributed by atoms with Crippen LogP contribution in [-0.4, -0.2) is 43.7 Å². The first-order valence-corrected chi connectivity index (χ1v) is 4.74. The Morgan fingerprint density at radius 2 is 2.07 bits per heavy atom. The van der Waals surface area contributed by atoms with Crippen molar-refractivity contribution >= 4 is 5.91 Å². The van der Waals surface area contributed by atoms with Gasteiger partial charge in [-0.25, -0.2) is 0 Å². The van der Waals surface area contributed by atoms with E-state index in [1.165, 1.54) is 6.92 Å². The molecule has 14 heavy (non-hydrogen) atoms. The Morgan fingerprint density at radius 1 is 1.36 bits per heavy atom. The summed E-state index contributed by atoms with van der Waals surface area (Å²) in [6, 6.07) is -0.0519. The molecule has 0 bridgehead atoms. The third-order valence-electron chi connectivity index (χ3n) is 2.64. The van der Waals surface area contributed by atoms with Crippen molar-refractivity contribution in [3.8, 4) is 0 Å². The molecule has 5 atom stereocenters. The van der Waals surface area contributed by atoms with Crippen LogP contribution >= 0.6 is 0 Å². The summed E-state index contributed by atoms with van der Waals surface area (Å²) in [4.78, 5) is 10.9.